The van der Waals surface area contributed by atoms with Crippen molar-refractivity contribution >= 4 is 39.5 Å². The van der Waals surface area contributed by atoms with Crippen LogP contribution >= 0.6 is 15.6 Å². The molecule has 0 spiro atoms. The molecule has 102 heavy (non-hydrogen) atoms. The van der Waals surface area contributed by atoms with Crippen LogP contribution in [0.15, 0.2) is 24.3 Å². The van der Waals surface area contributed by atoms with Gasteiger partial charge >= 0.3 is 39.5 Å². The molecule has 0 heterocycles. The maximum absolute atomic E-state index is 13.1. The predicted octanol–water partition coefficient (Wildman–Crippen LogP) is 24.9. The summed E-state index contributed by atoms with van der Waals surface area (Å²) in [6.07, 6.45) is 72.9. The standard InChI is InChI=1S/C83H158O17P2/c1-5-9-13-17-21-25-29-32-35-37-39-42-44-48-52-56-60-64-68-81(86)94-74-79(100-83(88)70-66-62-58-54-50-46-43-40-38-36-33-30-26-22-18-14-10-6-2)76-98-102(91,92)96-72-77(84)71-95-101(89,90)97-75-78(73-93-80(85)67-63-59-55-51-47-28-24-20-16-12-8-4)99-82(87)69-65-61-57-53-49-45-41-34-31-27-23-19-15-11-7-3/h27,31,34,41,77-79,84H,5-26,28-30,32-33,35-40,42-76H2,1-4H3,(H,89,90)(H,91,92)/b31-27-,41-34-/t77-,78+,79+/m0/s1. The number of ether oxygens (including phenoxy) is 4. The Kier molecular flexibility index (Phi) is 74.9. The van der Waals surface area contributed by atoms with Crippen LogP contribution in [-0.4, -0.2) is 96.7 Å². The fourth-order valence-electron chi connectivity index (χ4n) is 12.5. The quantitative estimate of drug-likeness (QED) is 0.0169. The molecular formula is C83H158O17P2. The number of allylic oxidation sites excluding steroid dienone is 4. The smallest absolute Gasteiger partial charge is 0.462 e. The van der Waals surface area contributed by atoms with Gasteiger partial charge in [-0.1, -0.05) is 373 Å². The lowest BCUT2D eigenvalue weighted by Crippen LogP contribution is -2.30. The van der Waals surface area contributed by atoms with Crippen molar-refractivity contribution in [3.8, 4) is 0 Å². The molecule has 0 aliphatic heterocycles. The van der Waals surface area contributed by atoms with E-state index in [0.29, 0.717) is 25.7 Å². The Hall–Kier alpha value is -2.46. The average molecular weight is 1490 g/mol. The van der Waals surface area contributed by atoms with Crippen molar-refractivity contribution in [1.82, 2.24) is 0 Å². The summed E-state index contributed by atoms with van der Waals surface area (Å²) in [6, 6.07) is 0. The Bertz CT molecular complexity index is 2020. The van der Waals surface area contributed by atoms with Crippen molar-refractivity contribution in [1.29, 1.82) is 0 Å². The minimum absolute atomic E-state index is 0.0859. The Morgan fingerprint density at radius 3 is 0.716 bits per heavy atom. The van der Waals surface area contributed by atoms with E-state index in [9.17, 15) is 43.2 Å². The number of phosphoric acid groups is 2. The molecule has 0 aliphatic rings. The number of rotatable bonds is 82. The van der Waals surface area contributed by atoms with Crippen molar-refractivity contribution < 1.29 is 80.2 Å². The number of carbonyl (C=O) groups is 4. The van der Waals surface area contributed by atoms with E-state index in [-0.39, 0.29) is 25.7 Å². The van der Waals surface area contributed by atoms with Crippen LogP contribution in [0, 0.1) is 0 Å². The van der Waals surface area contributed by atoms with Crippen molar-refractivity contribution in [3.63, 3.8) is 0 Å². The van der Waals surface area contributed by atoms with Gasteiger partial charge in [-0.15, -0.1) is 0 Å². The van der Waals surface area contributed by atoms with Crippen LogP contribution in [0.4, 0.5) is 0 Å². The highest BCUT2D eigenvalue weighted by atomic mass is 31.2. The third kappa shape index (κ3) is 75.8. The summed E-state index contributed by atoms with van der Waals surface area (Å²) in [5, 5.41) is 10.7. The van der Waals surface area contributed by atoms with Crippen LogP contribution in [0.5, 0.6) is 0 Å². The molecule has 0 bridgehead atoms. The van der Waals surface area contributed by atoms with Gasteiger partial charge in [0.25, 0.3) is 0 Å². The summed E-state index contributed by atoms with van der Waals surface area (Å²) in [7, 11) is -9.93. The van der Waals surface area contributed by atoms with E-state index in [0.717, 1.165) is 103 Å². The van der Waals surface area contributed by atoms with Crippen molar-refractivity contribution in [2.75, 3.05) is 39.6 Å². The Morgan fingerprint density at radius 1 is 0.275 bits per heavy atom. The maximum Gasteiger partial charge on any atom is 0.472 e. The van der Waals surface area contributed by atoms with E-state index < -0.39 is 97.5 Å². The minimum atomic E-state index is -4.97. The average Bonchev–Trinajstić information content (AvgIpc) is 0.927. The predicted molar refractivity (Wildman–Crippen MR) is 418 cm³/mol. The van der Waals surface area contributed by atoms with Gasteiger partial charge in [0, 0.05) is 25.7 Å². The van der Waals surface area contributed by atoms with Gasteiger partial charge in [0.2, 0.25) is 0 Å². The van der Waals surface area contributed by atoms with E-state index in [4.69, 9.17) is 37.0 Å². The van der Waals surface area contributed by atoms with Crippen LogP contribution in [0.1, 0.15) is 426 Å². The molecule has 0 rings (SSSR count). The first-order valence-electron chi connectivity index (χ1n) is 42.6. The largest absolute Gasteiger partial charge is 0.472 e. The molecule has 602 valence electrons. The van der Waals surface area contributed by atoms with Gasteiger partial charge in [0.1, 0.15) is 19.3 Å². The lowest BCUT2D eigenvalue weighted by Gasteiger charge is -2.21. The first kappa shape index (κ1) is 99.5. The van der Waals surface area contributed by atoms with E-state index in [1.54, 1.807) is 0 Å². The zero-order chi connectivity index (χ0) is 74.6. The van der Waals surface area contributed by atoms with Gasteiger partial charge in [-0.2, -0.15) is 0 Å². The number of phosphoric ester groups is 2. The maximum atomic E-state index is 13.1. The normalized spacial score (nSPS) is 13.9. The Balaban J connectivity index is 5.27. The minimum Gasteiger partial charge on any atom is -0.462 e. The third-order valence-corrected chi connectivity index (χ3v) is 20.9. The summed E-state index contributed by atoms with van der Waals surface area (Å²) in [5.41, 5.74) is 0. The van der Waals surface area contributed by atoms with Crippen LogP contribution < -0.4 is 0 Å². The van der Waals surface area contributed by atoms with E-state index in [2.05, 4.69) is 52.0 Å². The number of unbranched alkanes of at least 4 members (excludes halogenated alkanes) is 53. The molecule has 3 N–H and O–H groups in total. The second-order valence-corrected chi connectivity index (χ2v) is 32.1. The highest BCUT2D eigenvalue weighted by Crippen LogP contribution is 2.45. The highest BCUT2D eigenvalue weighted by Gasteiger charge is 2.30. The van der Waals surface area contributed by atoms with Gasteiger partial charge in [0.05, 0.1) is 26.4 Å². The molecule has 17 nitrogen and oxygen atoms in total. The zero-order valence-electron chi connectivity index (χ0n) is 66.1. The molecule has 0 aromatic rings. The van der Waals surface area contributed by atoms with Gasteiger partial charge in [-0.25, -0.2) is 9.13 Å². The molecule has 5 atom stereocenters. The van der Waals surface area contributed by atoms with Gasteiger partial charge in [-0.3, -0.25) is 37.3 Å². The summed E-state index contributed by atoms with van der Waals surface area (Å²) >= 11 is 0. The van der Waals surface area contributed by atoms with Crippen LogP contribution in [0.2, 0.25) is 0 Å². The van der Waals surface area contributed by atoms with Gasteiger partial charge < -0.3 is 33.8 Å². The number of esters is 4. The van der Waals surface area contributed by atoms with Crippen molar-refractivity contribution in [2.45, 2.75) is 444 Å². The molecule has 2 unspecified atom stereocenters. The number of aliphatic hydroxyl groups is 1. The molecule has 0 fully saturated rings. The SMILES string of the molecule is CCCCCC/C=C\C=C/CCCCCCCC(=O)O[C@H](COC(=O)CCCCCCCCCCCCC)COP(=O)(O)OC[C@H](O)COP(=O)(O)OC[C@@H](COC(=O)CCCCCCCCCCCCCCCCCCCC)OC(=O)CCCCCCCCCCCCCCCCCCCC. The Morgan fingerprint density at radius 2 is 0.471 bits per heavy atom. The first-order valence-corrected chi connectivity index (χ1v) is 45.6. The molecule has 0 amide bonds. The van der Waals surface area contributed by atoms with Crippen LogP contribution in [-0.2, 0) is 65.4 Å². The molecular weight excluding hydrogens is 1330 g/mol. The monoisotopic (exact) mass is 1490 g/mol. The summed E-state index contributed by atoms with van der Waals surface area (Å²) < 4.78 is 68.7. The molecule has 0 saturated carbocycles. The van der Waals surface area contributed by atoms with E-state index in [1.165, 1.54) is 244 Å². The van der Waals surface area contributed by atoms with E-state index >= 15 is 0 Å². The number of hydrogen-bond donors (Lipinski definition) is 3. The molecule has 0 aliphatic carbocycles. The van der Waals surface area contributed by atoms with Crippen molar-refractivity contribution in [2.24, 2.45) is 0 Å². The lowest BCUT2D eigenvalue weighted by molar-refractivity contribution is -0.161. The summed E-state index contributed by atoms with van der Waals surface area (Å²) in [6.45, 7) is 4.97. The van der Waals surface area contributed by atoms with Gasteiger partial charge in [-0.05, 0) is 51.4 Å². The lowest BCUT2D eigenvalue weighted by atomic mass is 10.0. The fourth-order valence-corrected chi connectivity index (χ4v) is 14.0. The van der Waals surface area contributed by atoms with E-state index in [1.807, 2.05) is 0 Å². The number of aliphatic hydroxyl groups excluding tert-OH is 1. The summed E-state index contributed by atoms with van der Waals surface area (Å²) in [5.74, 6) is -2.13. The van der Waals surface area contributed by atoms with Crippen LogP contribution in [0.3, 0.4) is 0 Å². The highest BCUT2D eigenvalue weighted by molar-refractivity contribution is 7.47. The van der Waals surface area contributed by atoms with Crippen molar-refractivity contribution in [3.05, 3.63) is 24.3 Å². The number of carbonyl (C=O) groups excluding carboxylic acids is 4. The second-order valence-electron chi connectivity index (χ2n) is 29.2. The molecule has 19 heteroatoms. The molecule has 0 aromatic carbocycles. The third-order valence-electron chi connectivity index (χ3n) is 19.0. The number of hydrogen-bond acceptors (Lipinski definition) is 15. The topological polar surface area (TPSA) is 237 Å². The first-order chi connectivity index (χ1) is 49.7. The summed E-state index contributed by atoms with van der Waals surface area (Å²) in [4.78, 5) is 73.1. The van der Waals surface area contributed by atoms with Crippen LogP contribution in [0.25, 0.3) is 0 Å². The zero-order valence-corrected chi connectivity index (χ0v) is 67.9. The Labute approximate surface area is 624 Å². The fraction of sp³-hybridized carbons (Fsp3) is 0.904. The molecule has 0 aromatic heterocycles. The molecule has 0 radical (unpaired) electrons. The molecule has 0 saturated heterocycles. The second kappa shape index (κ2) is 76.7. The van der Waals surface area contributed by atoms with Gasteiger partial charge in [0.15, 0.2) is 12.2 Å².